The van der Waals surface area contributed by atoms with E-state index in [0.717, 1.165) is 43.6 Å². The molecule has 2 atom stereocenters. The molecule has 2 aliphatic rings. The van der Waals surface area contributed by atoms with Crippen molar-refractivity contribution >= 4 is 11.7 Å². The van der Waals surface area contributed by atoms with Crippen molar-refractivity contribution in [2.75, 3.05) is 24.5 Å². The Bertz CT molecular complexity index is 517. The summed E-state index contributed by atoms with van der Waals surface area (Å²) in [6, 6.07) is 7.86. The molecule has 4 heteroatoms. The summed E-state index contributed by atoms with van der Waals surface area (Å²) in [7, 11) is 0. The van der Waals surface area contributed by atoms with E-state index in [9.17, 15) is 9.90 Å². The van der Waals surface area contributed by atoms with Crippen LogP contribution in [-0.4, -0.2) is 35.7 Å². The minimum Gasteiger partial charge on any atom is -0.388 e. The van der Waals surface area contributed by atoms with Gasteiger partial charge in [0.25, 0.3) is 0 Å². The number of likely N-dealkylation sites (tertiary alicyclic amines) is 1. The molecule has 1 fully saturated rings. The van der Waals surface area contributed by atoms with Crippen molar-refractivity contribution in [2.45, 2.75) is 38.7 Å². The van der Waals surface area contributed by atoms with Gasteiger partial charge in [0.15, 0.2) is 0 Å². The first-order valence-electron chi connectivity index (χ1n) is 8.00. The second kappa shape index (κ2) is 6.06. The Morgan fingerprint density at radius 1 is 1.19 bits per heavy atom. The first-order valence-corrected chi connectivity index (χ1v) is 8.00. The van der Waals surface area contributed by atoms with Crippen molar-refractivity contribution in [3.8, 4) is 0 Å². The molecule has 3 rings (SSSR count). The van der Waals surface area contributed by atoms with Crippen molar-refractivity contribution in [2.24, 2.45) is 5.92 Å². The van der Waals surface area contributed by atoms with Crippen LogP contribution in [-0.2, 0) is 0 Å². The zero-order valence-corrected chi connectivity index (χ0v) is 12.7. The number of carbonyl (C=O) groups excluding carboxylic acids is 1. The number of rotatable bonds is 0. The number of amides is 2. The molecule has 0 saturated carbocycles. The van der Waals surface area contributed by atoms with Crippen LogP contribution in [0.25, 0.3) is 0 Å². The summed E-state index contributed by atoms with van der Waals surface area (Å²) >= 11 is 0. The molecule has 4 nitrogen and oxygen atoms in total. The Balaban J connectivity index is 1.87. The number of fused-ring (bicyclic) bond motifs is 1. The number of anilines is 1. The Kier molecular flexibility index (Phi) is 4.15. The molecule has 21 heavy (non-hydrogen) atoms. The third kappa shape index (κ3) is 2.91. The molecule has 2 unspecified atom stereocenters. The molecule has 1 aromatic rings. The van der Waals surface area contributed by atoms with Crippen molar-refractivity contribution in [3.05, 3.63) is 29.8 Å². The highest BCUT2D eigenvalue weighted by Gasteiger charge is 2.30. The van der Waals surface area contributed by atoms with Crippen LogP contribution in [0.3, 0.4) is 0 Å². The van der Waals surface area contributed by atoms with Crippen molar-refractivity contribution in [1.29, 1.82) is 0 Å². The number of urea groups is 1. The van der Waals surface area contributed by atoms with Crippen LogP contribution in [0.5, 0.6) is 0 Å². The van der Waals surface area contributed by atoms with Gasteiger partial charge in [0, 0.05) is 25.2 Å². The van der Waals surface area contributed by atoms with Gasteiger partial charge in [-0.3, -0.25) is 4.90 Å². The first kappa shape index (κ1) is 14.4. The third-order valence-electron chi connectivity index (χ3n) is 4.60. The predicted octanol–water partition coefficient (Wildman–Crippen LogP) is 3.17. The van der Waals surface area contributed by atoms with Crippen LogP contribution in [0.15, 0.2) is 24.3 Å². The van der Waals surface area contributed by atoms with Crippen molar-refractivity contribution in [3.63, 3.8) is 0 Å². The number of carbonyl (C=O) groups is 1. The maximum atomic E-state index is 12.9. The molecule has 1 aromatic carbocycles. The molecule has 2 heterocycles. The van der Waals surface area contributed by atoms with E-state index in [4.69, 9.17) is 0 Å². The molecule has 114 valence electrons. The largest absolute Gasteiger partial charge is 0.388 e. The quantitative estimate of drug-likeness (QED) is 0.797. The van der Waals surface area contributed by atoms with E-state index in [1.165, 1.54) is 6.42 Å². The minimum atomic E-state index is -0.459. The van der Waals surface area contributed by atoms with Gasteiger partial charge in [-0.1, -0.05) is 25.1 Å². The zero-order chi connectivity index (χ0) is 14.8. The Labute approximate surface area is 126 Å². The summed E-state index contributed by atoms with van der Waals surface area (Å²) in [6.45, 7) is 4.60. The van der Waals surface area contributed by atoms with Gasteiger partial charge in [-0.05, 0) is 37.7 Å². The summed E-state index contributed by atoms with van der Waals surface area (Å²) in [5.41, 5.74) is 1.76. The normalized spacial score (nSPS) is 26.2. The predicted molar refractivity (Wildman–Crippen MR) is 83.3 cm³/mol. The summed E-state index contributed by atoms with van der Waals surface area (Å²) < 4.78 is 0. The molecule has 1 saturated heterocycles. The van der Waals surface area contributed by atoms with Crippen molar-refractivity contribution < 1.29 is 9.90 Å². The zero-order valence-electron chi connectivity index (χ0n) is 12.7. The highest BCUT2D eigenvalue weighted by atomic mass is 16.3. The van der Waals surface area contributed by atoms with Crippen LogP contribution in [0.2, 0.25) is 0 Å². The third-order valence-corrected chi connectivity index (χ3v) is 4.60. The van der Waals surface area contributed by atoms with E-state index >= 15 is 0 Å². The number of aliphatic hydroxyl groups is 1. The van der Waals surface area contributed by atoms with Crippen LogP contribution in [0.4, 0.5) is 10.5 Å². The highest BCUT2D eigenvalue weighted by Crippen LogP contribution is 2.33. The monoisotopic (exact) mass is 288 g/mol. The molecule has 0 spiro atoms. The van der Waals surface area contributed by atoms with Crippen LogP contribution in [0, 0.1) is 5.92 Å². The summed E-state index contributed by atoms with van der Waals surface area (Å²) in [4.78, 5) is 16.7. The number of benzene rings is 1. The molecule has 2 amide bonds. The first-order chi connectivity index (χ1) is 10.2. The Hall–Kier alpha value is -1.55. The molecule has 0 bridgehead atoms. The van der Waals surface area contributed by atoms with Gasteiger partial charge in [0.05, 0.1) is 11.8 Å². The molecule has 0 aliphatic carbocycles. The van der Waals surface area contributed by atoms with E-state index in [1.807, 2.05) is 34.1 Å². The average molecular weight is 288 g/mol. The van der Waals surface area contributed by atoms with E-state index in [-0.39, 0.29) is 6.03 Å². The van der Waals surface area contributed by atoms with Gasteiger partial charge >= 0.3 is 6.03 Å². The number of para-hydroxylation sites is 1. The van der Waals surface area contributed by atoms with Gasteiger partial charge in [-0.15, -0.1) is 0 Å². The fourth-order valence-corrected chi connectivity index (χ4v) is 3.47. The lowest BCUT2D eigenvalue weighted by Gasteiger charge is -2.35. The van der Waals surface area contributed by atoms with Gasteiger partial charge in [-0.2, -0.15) is 0 Å². The van der Waals surface area contributed by atoms with Crippen LogP contribution < -0.4 is 4.90 Å². The smallest absolute Gasteiger partial charge is 0.324 e. The van der Waals surface area contributed by atoms with Gasteiger partial charge < -0.3 is 10.0 Å². The van der Waals surface area contributed by atoms with E-state index < -0.39 is 6.10 Å². The van der Waals surface area contributed by atoms with Gasteiger partial charge in [0.2, 0.25) is 0 Å². The number of piperidine rings is 1. The fourth-order valence-electron chi connectivity index (χ4n) is 3.47. The molecule has 2 aliphatic heterocycles. The lowest BCUT2D eigenvalue weighted by atomic mass is 10.0. The van der Waals surface area contributed by atoms with E-state index in [2.05, 4.69) is 6.92 Å². The molecular formula is C17H24N2O2. The standard InChI is InChI=1S/C17H24N2O2/c1-13-6-4-10-18(12-13)17(21)19-11-5-9-16(20)14-7-2-3-8-15(14)19/h2-3,7-8,13,16,20H,4-6,9-12H2,1H3. The number of hydrogen-bond donors (Lipinski definition) is 1. The summed E-state index contributed by atoms with van der Waals surface area (Å²) in [5, 5.41) is 10.2. The Morgan fingerprint density at radius 2 is 1.95 bits per heavy atom. The Morgan fingerprint density at radius 3 is 2.76 bits per heavy atom. The summed E-state index contributed by atoms with van der Waals surface area (Å²) in [6.07, 6.45) is 3.39. The number of nitrogens with zero attached hydrogens (tertiary/aromatic N) is 2. The highest BCUT2D eigenvalue weighted by molar-refractivity contribution is 5.93. The lowest BCUT2D eigenvalue weighted by Crippen LogP contribution is -2.47. The van der Waals surface area contributed by atoms with E-state index in [0.29, 0.717) is 12.5 Å². The summed E-state index contributed by atoms with van der Waals surface area (Å²) in [5.74, 6) is 0.579. The minimum absolute atomic E-state index is 0.100. The fraction of sp³-hybridized carbons (Fsp3) is 0.588. The average Bonchev–Trinajstić information content (AvgIpc) is 2.66. The van der Waals surface area contributed by atoms with Gasteiger partial charge in [0.1, 0.15) is 0 Å². The number of hydrogen-bond acceptors (Lipinski definition) is 2. The number of aliphatic hydroxyl groups excluding tert-OH is 1. The maximum absolute atomic E-state index is 12.9. The van der Waals surface area contributed by atoms with Gasteiger partial charge in [-0.25, -0.2) is 4.79 Å². The molecule has 0 aromatic heterocycles. The van der Waals surface area contributed by atoms with Crippen molar-refractivity contribution in [1.82, 2.24) is 4.90 Å². The topological polar surface area (TPSA) is 43.8 Å². The molecule has 1 N–H and O–H groups in total. The lowest BCUT2D eigenvalue weighted by molar-refractivity contribution is 0.168. The maximum Gasteiger partial charge on any atom is 0.324 e. The van der Waals surface area contributed by atoms with Crippen LogP contribution in [0.1, 0.15) is 44.3 Å². The van der Waals surface area contributed by atoms with E-state index in [1.54, 1.807) is 0 Å². The molecular weight excluding hydrogens is 264 g/mol. The SMILES string of the molecule is CC1CCCN(C(=O)N2CCCC(O)c3ccccc32)C1. The van der Waals surface area contributed by atoms with Crippen LogP contribution >= 0.6 is 0 Å². The second-order valence-electron chi connectivity index (χ2n) is 6.34. The second-order valence-corrected chi connectivity index (χ2v) is 6.34. The molecule has 0 radical (unpaired) electrons.